The highest BCUT2D eigenvalue weighted by Crippen LogP contribution is 2.62. The van der Waals surface area contributed by atoms with Gasteiger partial charge in [0.1, 0.15) is 11.3 Å². The van der Waals surface area contributed by atoms with Crippen LogP contribution in [0.4, 0.5) is 0 Å². The van der Waals surface area contributed by atoms with Crippen LogP contribution in [0.15, 0.2) is 66.0 Å². The summed E-state index contributed by atoms with van der Waals surface area (Å²) >= 11 is 0. The number of imidazole rings is 1. The standard InChI is InChI=1S/C28H27N7O2/c1-2-34-16-19(14-30-34)17-7-8-35-23(15-29-24(35)9-17)27(37)31-20-12-28(13-20)10-18(11-28)25-21-5-3-4-6-22(21)26(36)33-32-25/h3-9,14-16,18,20H,2,10-13H2,1H3,(H,31,37)(H,33,36). The Labute approximate surface area is 212 Å². The third-order valence-electron chi connectivity index (χ3n) is 8.20. The zero-order valence-corrected chi connectivity index (χ0v) is 20.5. The summed E-state index contributed by atoms with van der Waals surface area (Å²) < 4.78 is 3.73. The second kappa shape index (κ2) is 8.12. The highest BCUT2D eigenvalue weighted by atomic mass is 16.2. The van der Waals surface area contributed by atoms with Gasteiger partial charge in [-0.3, -0.25) is 18.7 Å². The van der Waals surface area contributed by atoms with E-state index in [1.54, 1.807) is 6.20 Å². The molecule has 1 amide bonds. The summed E-state index contributed by atoms with van der Waals surface area (Å²) in [6.07, 6.45) is 11.4. The summed E-state index contributed by atoms with van der Waals surface area (Å²) in [5.41, 5.74) is 4.44. The van der Waals surface area contributed by atoms with Crippen LogP contribution >= 0.6 is 0 Å². The molecule has 9 heteroatoms. The number of fused-ring (bicyclic) bond motifs is 2. The Morgan fingerprint density at radius 2 is 1.92 bits per heavy atom. The molecule has 1 aromatic carbocycles. The van der Waals surface area contributed by atoms with E-state index in [1.165, 1.54) is 0 Å². The third kappa shape index (κ3) is 3.56. The van der Waals surface area contributed by atoms with Gasteiger partial charge in [0.25, 0.3) is 11.5 Å². The predicted molar refractivity (Wildman–Crippen MR) is 139 cm³/mol. The van der Waals surface area contributed by atoms with E-state index in [0.717, 1.165) is 60.1 Å². The van der Waals surface area contributed by atoms with Crippen LogP contribution in [0.5, 0.6) is 0 Å². The number of hydrogen-bond acceptors (Lipinski definition) is 5. The summed E-state index contributed by atoms with van der Waals surface area (Å²) in [4.78, 5) is 29.7. The zero-order valence-electron chi connectivity index (χ0n) is 20.5. The van der Waals surface area contributed by atoms with Crippen LogP contribution in [0.3, 0.4) is 0 Å². The number of carbonyl (C=O) groups excluding carboxylic acids is 1. The topological polar surface area (TPSA) is 110 Å². The van der Waals surface area contributed by atoms with Crippen LogP contribution in [-0.4, -0.2) is 41.3 Å². The van der Waals surface area contributed by atoms with E-state index in [4.69, 9.17) is 0 Å². The molecule has 5 aromatic rings. The third-order valence-corrected chi connectivity index (χ3v) is 8.20. The van der Waals surface area contributed by atoms with E-state index >= 15 is 0 Å². The Hall–Kier alpha value is -4.27. The molecule has 2 aliphatic carbocycles. The van der Waals surface area contributed by atoms with Crippen LogP contribution in [0, 0.1) is 5.41 Å². The number of H-pyrrole nitrogens is 1. The number of carbonyl (C=O) groups is 1. The summed E-state index contributed by atoms with van der Waals surface area (Å²) in [5, 5.41) is 16.3. The second-order valence-electron chi connectivity index (χ2n) is 10.5. The summed E-state index contributed by atoms with van der Waals surface area (Å²) in [6, 6.07) is 11.8. The van der Waals surface area contributed by atoms with Crippen molar-refractivity contribution in [1.82, 2.24) is 34.7 Å². The average Bonchev–Trinajstić information content (AvgIpc) is 3.52. The molecule has 4 heterocycles. The van der Waals surface area contributed by atoms with Crippen molar-refractivity contribution in [2.75, 3.05) is 0 Å². The molecule has 0 radical (unpaired) electrons. The quantitative estimate of drug-likeness (QED) is 0.386. The maximum absolute atomic E-state index is 13.1. The van der Waals surface area contributed by atoms with E-state index in [-0.39, 0.29) is 22.9 Å². The first-order valence-corrected chi connectivity index (χ1v) is 12.8. The van der Waals surface area contributed by atoms with Gasteiger partial charge in [-0.2, -0.15) is 10.2 Å². The number of amides is 1. The lowest BCUT2D eigenvalue weighted by atomic mass is 9.49. The van der Waals surface area contributed by atoms with Crippen LogP contribution in [0.2, 0.25) is 0 Å². The van der Waals surface area contributed by atoms with Crippen molar-refractivity contribution >= 4 is 22.3 Å². The van der Waals surface area contributed by atoms with Gasteiger partial charge in [0.15, 0.2) is 0 Å². The van der Waals surface area contributed by atoms with Crippen molar-refractivity contribution in [1.29, 1.82) is 0 Å². The molecule has 2 saturated carbocycles. The number of benzene rings is 1. The Balaban J connectivity index is 1.00. The first kappa shape index (κ1) is 22.0. The molecule has 0 aliphatic heterocycles. The van der Waals surface area contributed by atoms with Crippen LogP contribution < -0.4 is 10.9 Å². The molecular weight excluding hydrogens is 466 g/mol. The minimum atomic E-state index is -0.143. The lowest BCUT2D eigenvalue weighted by molar-refractivity contribution is -0.0197. The molecule has 0 saturated heterocycles. The molecule has 7 rings (SSSR count). The number of aromatic nitrogens is 6. The maximum Gasteiger partial charge on any atom is 0.272 e. The first-order chi connectivity index (χ1) is 18.0. The van der Waals surface area contributed by atoms with E-state index in [1.807, 2.05) is 64.1 Å². The lowest BCUT2D eigenvalue weighted by Gasteiger charge is -2.57. The van der Waals surface area contributed by atoms with Crippen molar-refractivity contribution in [2.24, 2.45) is 5.41 Å². The second-order valence-corrected chi connectivity index (χ2v) is 10.5. The maximum atomic E-state index is 13.1. The smallest absolute Gasteiger partial charge is 0.272 e. The number of nitrogens with one attached hydrogen (secondary N) is 2. The first-order valence-electron chi connectivity index (χ1n) is 12.8. The van der Waals surface area contributed by atoms with Gasteiger partial charge in [0.2, 0.25) is 0 Å². The van der Waals surface area contributed by atoms with Gasteiger partial charge in [-0.25, -0.2) is 10.1 Å². The highest BCUT2D eigenvalue weighted by Gasteiger charge is 2.54. The fourth-order valence-electron chi connectivity index (χ4n) is 6.32. The zero-order chi connectivity index (χ0) is 25.1. The Kier molecular flexibility index (Phi) is 4.82. The van der Waals surface area contributed by atoms with Gasteiger partial charge < -0.3 is 5.32 Å². The van der Waals surface area contributed by atoms with Crippen molar-refractivity contribution in [2.45, 2.75) is 51.1 Å². The molecule has 2 aliphatic rings. The Bertz CT molecular complexity index is 1720. The molecule has 2 fully saturated rings. The molecule has 186 valence electrons. The van der Waals surface area contributed by atoms with E-state index in [9.17, 15) is 9.59 Å². The van der Waals surface area contributed by atoms with Gasteiger partial charge in [0.05, 0.1) is 23.5 Å². The number of pyridine rings is 1. The molecule has 0 atom stereocenters. The van der Waals surface area contributed by atoms with Gasteiger partial charge in [0, 0.05) is 41.8 Å². The molecule has 2 N–H and O–H groups in total. The Morgan fingerprint density at radius 1 is 1.11 bits per heavy atom. The van der Waals surface area contributed by atoms with E-state index in [0.29, 0.717) is 17.0 Å². The molecule has 37 heavy (non-hydrogen) atoms. The normalized spacial score (nSPS) is 22.7. The molecule has 1 spiro atoms. The van der Waals surface area contributed by atoms with Gasteiger partial charge in [-0.1, -0.05) is 18.2 Å². The van der Waals surface area contributed by atoms with Crippen molar-refractivity contribution in [3.8, 4) is 11.1 Å². The van der Waals surface area contributed by atoms with Crippen molar-refractivity contribution in [3.05, 3.63) is 82.9 Å². The molecule has 0 unspecified atom stereocenters. The monoisotopic (exact) mass is 493 g/mol. The van der Waals surface area contributed by atoms with Gasteiger partial charge in [-0.15, -0.1) is 0 Å². The molecular formula is C28H27N7O2. The fraction of sp³-hybridized carbons (Fsp3) is 0.321. The number of nitrogens with zero attached hydrogens (tertiary/aromatic N) is 5. The number of aryl methyl sites for hydroxylation is 1. The van der Waals surface area contributed by atoms with Gasteiger partial charge >= 0.3 is 0 Å². The predicted octanol–water partition coefficient (Wildman–Crippen LogP) is 3.91. The van der Waals surface area contributed by atoms with Gasteiger partial charge in [-0.05, 0) is 61.8 Å². The largest absolute Gasteiger partial charge is 0.348 e. The van der Waals surface area contributed by atoms with Crippen molar-refractivity contribution < 1.29 is 4.79 Å². The minimum absolute atomic E-state index is 0.0944. The fourth-order valence-corrected chi connectivity index (χ4v) is 6.32. The Morgan fingerprint density at radius 3 is 2.70 bits per heavy atom. The number of hydrogen-bond donors (Lipinski definition) is 2. The highest BCUT2D eigenvalue weighted by molar-refractivity contribution is 5.93. The van der Waals surface area contributed by atoms with E-state index < -0.39 is 0 Å². The van der Waals surface area contributed by atoms with Crippen LogP contribution in [0.1, 0.15) is 54.7 Å². The number of rotatable bonds is 5. The summed E-state index contributed by atoms with van der Waals surface area (Å²) in [5.74, 6) is 0.249. The SMILES string of the molecule is CCn1cc(-c2ccn3c(C(=O)NC4CC5(C4)CC(c4n[nH]c(=O)c6ccccc46)C5)cnc3c2)cn1. The van der Waals surface area contributed by atoms with Crippen LogP contribution in [0.25, 0.3) is 27.5 Å². The van der Waals surface area contributed by atoms with E-state index in [2.05, 4.69) is 32.5 Å². The van der Waals surface area contributed by atoms with Crippen LogP contribution in [-0.2, 0) is 6.54 Å². The van der Waals surface area contributed by atoms with Crippen molar-refractivity contribution in [3.63, 3.8) is 0 Å². The average molecular weight is 494 g/mol. The molecule has 9 nitrogen and oxygen atoms in total. The number of aromatic amines is 1. The molecule has 0 bridgehead atoms. The molecule has 4 aromatic heterocycles. The minimum Gasteiger partial charge on any atom is -0.348 e. The summed E-state index contributed by atoms with van der Waals surface area (Å²) in [6.45, 7) is 2.87. The summed E-state index contributed by atoms with van der Waals surface area (Å²) in [7, 11) is 0. The lowest BCUT2D eigenvalue weighted by Crippen LogP contribution is -2.55.